The number of rotatable bonds is 4. The van der Waals surface area contributed by atoms with Gasteiger partial charge in [-0.25, -0.2) is 0 Å². The first-order valence-corrected chi connectivity index (χ1v) is 9.29. The molecule has 0 radical (unpaired) electrons. The zero-order valence-corrected chi connectivity index (χ0v) is 15.1. The van der Waals surface area contributed by atoms with Gasteiger partial charge in [-0.2, -0.15) is 0 Å². The molecule has 1 aromatic carbocycles. The fraction of sp³-hybridized carbons (Fsp3) is 0.667. The van der Waals surface area contributed by atoms with Crippen LogP contribution in [0.15, 0.2) is 28.7 Å². The Bertz CT molecular complexity index is 457. The third kappa shape index (κ3) is 4.10. The van der Waals surface area contributed by atoms with E-state index in [1.54, 1.807) is 0 Å². The molecule has 1 saturated heterocycles. The molecule has 2 aliphatic rings. The number of hydrogen-bond acceptors (Lipinski definition) is 3. The van der Waals surface area contributed by atoms with Crippen LogP contribution in [0.5, 0.6) is 0 Å². The summed E-state index contributed by atoms with van der Waals surface area (Å²) in [6.45, 7) is 5.77. The number of halogens is 1. The first-order chi connectivity index (χ1) is 10.8. The molecular weight excluding hydrogens is 340 g/mol. The minimum absolute atomic E-state index is 0.451. The van der Waals surface area contributed by atoms with E-state index >= 15 is 0 Å². The van der Waals surface area contributed by atoms with Crippen LogP contribution in [0.2, 0.25) is 0 Å². The lowest BCUT2D eigenvalue weighted by molar-refractivity contribution is -0.0279. The molecule has 0 spiro atoms. The third-order valence-corrected chi connectivity index (χ3v) is 5.69. The first-order valence-electron chi connectivity index (χ1n) is 8.50. The molecule has 2 unspecified atom stereocenters. The van der Waals surface area contributed by atoms with Crippen molar-refractivity contribution in [2.24, 2.45) is 0 Å². The van der Waals surface area contributed by atoms with Crippen molar-refractivity contribution < 1.29 is 4.74 Å². The van der Waals surface area contributed by atoms with Gasteiger partial charge in [-0.15, -0.1) is 0 Å². The van der Waals surface area contributed by atoms with Crippen LogP contribution >= 0.6 is 15.9 Å². The van der Waals surface area contributed by atoms with E-state index in [1.165, 1.54) is 57.4 Å². The van der Waals surface area contributed by atoms with Crippen molar-refractivity contribution >= 4 is 15.9 Å². The lowest BCUT2D eigenvalue weighted by Gasteiger charge is -2.43. The average molecular weight is 367 g/mol. The van der Waals surface area contributed by atoms with Gasteiger partial charge in [-0.05, 0) is 30.5 Å². The van der Waals surface area contributed by atoms with Crippen LogP contribution in [0.25, 0.3) is 0 Å². The molecule has 2 atom stereocenters. The highest BCUT2D eigenvalue weighted by Gasteiger charge is 2.31. The molecular formula is C18H27BrN2O. The second-order valence-electron chi connectivity index (χ2n) is 6.56. The largest absolute Gasteiger partial charge is 0.380 e. The topological polar surface area (TPSA) is 15.7 Å². The fourth-order valence-corrected chi connectivity index (χ4v) is 4.14. The average Bonchev–Trinajstić information content (AvgIpc) is 2.58. The molecule has 0 amide bonds. The van der Waals surface area contributed by atoms with Crippen molar-refractivity contribution in [3.63, 3.8) is 0 Å². The highest BCUT2D eigenvalue weighted by atomic mass is 79.9. The van der Waals surface area contributed by atoms with E-state index in [-0.39, 0.29) is 0 Å². The Kier molecular flexibility index (Phi) is 5.91. The van der Waals surface area contributed by atoms with Crippen molar-refractivity contribution in [2.75, 3.05) is 33.3 Å². The first kappa shape index (κ1) is 16.4. The standard InChI is InChI=1S/C18H27BrN2O/c1-22-18-5-3-2-4-17(18)21-12-10-20(11-13-21)14-15-6-8-16(19)9-7-15/h6-9,17-18H,2-5,10-14H2,1H3. The predicted molar refractivity (Wildman–Crippen MR) is 94.0 cm³/mol. The Balaban J connectivity index is 1.50. The molecule has 0 bridgehead atoms. The second-order valence-corrected chi connectivity index (χ2v) is 7.48. The van der Waals surface area contributed by atoms with Crippen LogP contribution in [0.4, 0.5) is 0 Å². The van der Waals surface area contributed by atoms with Crippen molar-refractivity contribution in [2.45, 2.75) is 44.4 Å². The zero-order valence-electron chi connectivity index (χ0n) is 13.5. The number of ether oxygens (including phenoxy) is 1. The van der Waals surface area contributed by atoms with E-state index in [4.69, 9.17) is 4.74 Å². The summed E-state index contributed by atoms with van der Waals surface area (Å²) < 4.78 is 6.89. The third-order valence-electron chi connectivity index (χ3n) is 5.17. The molecule has 1 heterocycles. The van der Waals surface area contributed by atoms with Gasteiger partial charge in [0.05, 0.1) is 6.10 Å². The van der Waals surface area contributed by atoms with E-state index in [0.717, 1.165) is 11.0 Å². The predicted octanol–water partition coefficient (Wildman–Crippen LogP) is 3.52. The minimum atomic E-state index is 0.451. The molecule has 1 aromatic rings. The smallest absolute Gasteiger partial charge is 0.0726 e. The molecule has 0 aromatic heterocycles. The molecule has 3 nitrogen and oxygen atoms in total. The molecule has 1 saturated carbocycles. The zero-order chi connectivity index (χ0) is 15.4. The fourth-order valence-electron chi connectivity index (χ4n) is 3.87. The summed E-state index contributed by atoms with van der Waals surface area (Å²) in [5.74, 6) is 0. The van der Waals surface area contributed by atoms with Crippen LogP contribution in [0.3, 0.4) is 0 Å². The van der Waals surface area contributed by atoms with Gasteiger partial charge in [0.1, 0.15) is 0 Å². The van der Waals surface area contributed by atoms with Crippen LogP contribution in [0, 0.1) is 0 Å². The highest BCUT2D eigenvalue weighted by molar-refractivity contribution is 9.10. The lowest BCUT2D eigenvalue weighted by atomic mass is 9.90. The van der Waals surface area contributed by atoms with Crippen molar-refractivity contribution in [1.29, 1.82) is 0 Å². The maximum Gasteiger partial charge on any atom is 0.0726 e. The van der Waals surface area contributed by atoms with Gasteiger partial charge in [0.25, 0.3) is 0 Å². The quantitative estimate of drug-likeness (QED) is 0.810. The number of benzene rings is 1. The summed E-state index contributed by atoms with van der Waals surface area (Å²) in [5, 5.41) is 0. The Hall–Kier alpha value is -0.420. The monoisotopic (exact) mass is 366 g/mol. The van der Waals surface area contributed by atoms with Crippen LogP contribution in [-0.2, 0) is 11.3 Å². The van der Waals surface area contributed by atoms with Crippen molar-refractivity contribution in [3.05, 3.63) is 34.3 Å². The van der Waals surface area contributed by atoms with E-state index in [0.29, 0.717) is 12.1 Å². The summed E-state index contributed by atoms with van der Waals surface area (Å²) in [5.41, 5.74) is 1.41. The summed E-state index contributed by atoms with van der Waals surface area (Å²) in [4.78, 5) is 5.25. The number of hydrogen-bond donors (Lipinski definition) is 0. The van der Waals surface area contributed by atoms with E-state index in [9.17, 15) is 0 Å². The van der Waals surface area contributed by atoms with Gasteiger partial charge in [0, 0.05) is 50.3 Å². The molecule has 122 valence electrons. The van der Waals surface area contributed by atoms with Crippen LogP contribution < -0.4 is 0 Å². The van der Waals surface area contributed by atoms with Gasteiger partial charge in [-0.3, -0.25) is 9.80 Å². The molecule has 2 fully saturated rings. The Labute approximate surface area is 142 Å². The van der Waals surface area contributed by atoms with E-state index < -0.39 is 0 Å². The van der Waals surface area contributed by atoms with Gasteiger partial charge in [0.15, 0.2) is 0 Å². The minimum Gasteiger partial charge on any atom is -0.380 e. The number of piperazine rings is 1. The lowest BCUT2D eigenvalue weighted by Crippen LogP contribution is -2.54. The van der Waals surface area contributed by atoms with Gasteiger partial charge in [-0.1, -0.05) is 40.9 Å². The Morgan fingerprint density at radius 1 is 1.05 bits per heavy atom. The summed E-state index contributed by atoms with van der Waals surface area (Å²) in [6.07, 6.45) is 5.69. The molecule has 4 heteroatoms. The van der Waals surface area contributed by atoms with Crippen molar-refractivity contribution in [3.8, 4) is 0 Å². The van der Waals surface area contributed by atoms with Crippen LogP contribution in [-0.4, -0.2) is 55.2 Å². The Morgan fingerprint density at radius 2 is 1.73 bits per heavy atom. The van der Waals surface area contributed by atoms with E-state index in [2.05, 4.69) is 50.0 Å². The maximum atomic E-state index is 5.73. The summed E-state index contributed by atoms with van der Waals surface area (Å²) in [6, 6.07) is 9.36. The number of nitrogens with zero attached hydrogens (tertiary/aromatic N) is 2. The SMILES string of the molecule is COC1CCCCC1N1CCN(Cc2ccc(Br)cc2)CC1. The molecule has 1 aliphatic heterocycles. The normalized spacial score (nSPS) is 27.9. The Morgan fingerprint density at radius 3 is 2.41 bits per heavy atom. The molecule has 22 heavy (non-hydrogen) atoms. The summed E-state index contributed by atoms with van der Waals surface area (Å²) >= 11 is 3.50. The van der Waals surface area contributed by atoms with Gasteiger partial charge >= 0.3 is 0 Å². The van der Waals surface area contributed by atoms with E-state index in [1.807, 2.05) is 7.11 Å². The number of methoxy groups -OCH3 is 1. The van der Waals surface area contributed by atoms with Gasteiger partial charge < -0.3 is 4.74 Å². The molecule has 1 aliphatic carbocycles. The molecule has 0 N–H and O–H groups in total. The van der Waals surface area contributed by atoms with Crippen LogP contribution in [0.1, 0.15) is 31.2 Å². The molecule has 3 rings (SSSR count). The maximum absolute atomic E-state index is 5.73. The highest BCUT2D eigenvalue weighted by Crippen LogP contribution is 2.26. The van der Waals surface area contributed by atoms with Crippen molar-refractivity contribution in [1.82, 2.24) is 9.80 Å². The second kappa shape index (κ2) is 7.91. The summed E-state index contributed by atoms with van der Waals surface area (Å²) in [7, 11) is 1.88. The van der Waals surface area contributed by atoms with Gasteiger partial charge in [0.2, 0.25) is 0 Å².